The van der Waals surface area contributed by atoms with Crippen LogP contribution >= 0.6 is 0 Å². The van der Waals surface area contributed by atoms with Gasteiger partial charge in [-0.15, -0.1) is 0 Å². The number of amides is 2. The van der Waals surface area contributed by atoms with E-state index in [1.165, 1.54) is 0 Å². The Morgan fingerprint density at radius 3 is 2.42 bits per heavy atom. The van der Waals surface area contributed by atoms with Crippen molar-refractivity contribution in [2.24, 2.45) is 0 Å². The van der Waals surface area contributed by atoms with Crippen LogP contribution in [0, 0.1) is 20.8 Å². The number of hydrogen-bond acceptors (Lipinski definition) is 3. The maximum absolute atomic E-state index is 12.1. The van der Waals surface area contributed by atoms with Gasteiger partial charge in [0.05, 0.1) is 13.0 Å². The quantitative estimate of drug-likeness (QED) is 0.830. The minimum atomic E-state index is -0.333. The van der Waals surface area contributed by atoms with E-state index in [2.05, 4.69) is 10.9 Å². The van der Waals surface area contributed by atoms with E-state index in [0.717, 1.165) is 22.4 Å². The normalized spacial score (nSPS) is 10.1. The molecule has 2 aromatic carbocycles. The molecule has 2 rings (SSSR count). The van der Waals surface area contributed by atoms with Gasteiger partial charge in [-0.05, 0) is 44.0 Å². The van der Waals surface area contributed by atoms with Crippen molar-refractivity contribution in [2.75, 3.05) is 6.61 Å². The molecule has 0 aliphatic carbocycles. The van der Waals surface area contributed by atoms with Gasteiger partial charge in [-0.25, -0.2) is 0 Å². The van der Waals surface area contributed by atoms with Gasteiger partial charge < -0.3 is 4.74 Å². The number of nitrogens with one attached hydrogen (secondary N) is 2. The molecule has 0 bridgehead atoms. The van der Waals surface area contributed by atoms with Gasteiger partial charge in [-0.2, -0.15) is 0 Å². The SMILES string of the molecule is Cc1ccc(C(=O)NNC(=O)CCOc2ccccc2C)c(C)c1. The average Bonchev–Trinajstić information content (AvgIpc) is 2.54. The van der Waals surface area contributed by atoms with E-state index in [1.807, 2.05) is 57.2 Å². The number of aryl methyl sites for hydroxylation is 3. The summed E-state index contributed by atoms with van der Waals surface area (Å²) in [5, 5.41) is 0. The van der Waals surface area contributed by atoms with Crippen LogP contribution in [0.4, 0.5) is 0 Å². The lowest BCUT2D eigenvalue weighted by Crippen LogP contribution is -2.42. The second-order valence-electron chi connectivity index (χ2n) is 5.68. The molecule has 0 saturated carbocycles. The fraction of sp³-hybridized carbons (Fsp3) is 0.263. The van der Waals surface area contributed by atoms with Crippen molar-refractivity contribution < 1.29 is 14.3 Å². The summed E-state index contributed by atoms with van der Waals surface area (Å²) in [6.07, 6.45) is 0.154. The van der Waals surface area contributed by atoms with Crippen LogP contribution in [0.25, 0.3) is 0 Å². The first-order valence-corrected chi connectivity index (χ1v) is 7.82. The minimum absolute atomic E-state index is 0.154. The molecule has 0 aliphatic rings. The summed E-state index contributed by atoms with van der Waals surface area (Å²) in [6.45, 7) is 6.01. The monoisotopic (exact) mass is 326 g/mol. The van der Waals surface area contributed by atoms with Crippen LogP contribution in [0.15, 0.2) is 42.5 Å². The number of hydrogen-bond donors (Lipinski definition) is 2. The number of hydrazine groups is 1. The van der Waals surface area contributed by atoms with E-state index < -0.39 is 0 Å². The first kappa shape index (κ1) is 17.5. The molecule has 0 spiro atoms. The average molecular weight is 326 g/mol. The van der Waals surface area contributed by atoms with Gasteiger partial charge in [0.25, 0.3) is 5.91 Å². The molecule has 0 aromatic heterocycles. The topological polar surface area (TPSA) is 67.4 Å². The maximum Gasteiger partial charge on any atom is 0.269 e. The van der Waals surface area contributed by atoms with Crippen molar-refractivity contribution in [3.05, 3.63) is 64.7 Å². The molecule has 2 amide bonds. The molecule has 2 N–H and O–H groups in total. The summed E-state index contributed by atoms with van der Waals surface area (Å²) in [4.78, 5) is 23.9. The highest BCUT2D eigenvalue weighted by Gasteiger charge is 2.10. The molecule has 24 heavy (non-hydrogen) atoms. The number of para-hydroxylation sites is 1. The summed E-state index contributed by atoms with van der Waals surface area (Å²) >= 11 is 0. The standard InChI is InChI=1S/C19H22N2O3/c1-13-8-9-16(15(3)12-13)19(23)21-20-18(22)10-11-24-17-7-5-4-6-14(17)2/h4-9,12H,10-11H2,1-3H3,(H,20,22)(H,21,23). The zero-order valence-corrected chi connectivity index (χ0v) is 14.2. The van der Waals surface area contributed by atoms with Crippen molar-refractivity contribution in [2.45, 2.75) is 27.2 Å². The van der Waals surface area contributed by atoms with Crippen molar-refractivity contribution in [1.29, 1.82) is 0 Å². The highest BCUT2D eigenvalue weighted by Crippen LogP contribution is 2.16. The van der Waals surface area contributed by atoms with Crippen LogP contribution in [0.2, 0.25) is 0 Å². The van der Waals surface area contributed by atoms with E-state index in [9.17, 15) is 9.59 Å². The first-order chi connectivity index (χ1) is 11.5. The van der Waals surface area contributed by atoms with Crippen molar-refractivity contribution in [1.82, 2.24) is 10.9 Å². The van der Waals surface area contributed by atoms with E-state index in [-0.39, 0.29) is 24.8 Å². The summed E-state index contributed by atoms with van der Waals surface area (Å²) in [5.41, 5.74) is 8.33. The second kappa shape index (κ2) is 8.15. The largest absolute Gasteiger partial charge is 0.493 e. The van der Waals surface area contributed by atoms with Gasteiger partial charge in [0, 0.05) is 5.56 Å². The summed E-state index contributed by atoms with van der Waals surface area (Å²) in [6, 6.07) is 13.1. The van der Waals surface area contributed by atoms with Gasteiger partial charge in [-0.3, -0.25) is 20.4 Å². The van der Waals surface area contributed by atoms with Gasteiger partial charge in [0.15, 0.2) is 0 Å². The lowest BCUT2D eigenvalue weighted by atomic mass is 10.1. The Hall–Kier alpha value is -2.82. The number of rotatable bonds is 5. The van der Waals surface area contributed by atoms with Gasteiger partial charge in [-0.1, -0.05) is 35.9 Å². The van der Waals surface area contributed by atoms with Crippen LogP contribution in [-0.2, 0) is 4.79 Å². The third-order valence-electron chi connectivity index (χ3n) is 3.62. The lowest BCUT2D eigenvalue weighted by Gasteiger charge is -2.11. The summed E-state index contributed by atoms with van der Waals surface area (Å²) < 4.78 is 5.56. The number of carbonyl (C=O) groups excluding carboxylic acids is 2. The molecule has 0 saturated heterocycles. The Labute approximate surface area is 142 Å². The van der Waals surface area contributed by atoms with Crippen molar-refractivity contribution >= 4 is 11.8 Å². The molecule has 0 fully saturated rings. The smallest absolute Gasteiger partial charge is 0.269 e. The fourth-order valence-electron chi connectivity index (χ4n) is 2.30. The van der Waals surface area contributed by atoms with Gasteiger partial charge >= 0.3 is 0 Å². The molecular formula is C19H22N2O3. The van der Waals surface area contributed by atoms with E-state index in [1.54, 1.807) is 6.07 Å². The summed E-state index contributed by atoms with van der Waals surface area (Å²) in [5.74, 6) is 0.118. The molecule has 126 valence electrons. The molecule has 0 heterocycles. The predicted octanol–water partition coefficient (Wildman–Crippen LogP) is 2.84. The molecule has 5 nitrogen and oxygen atoms in total. The van der Waals surface area contributed by atoms with Crippen LogP contribution in [0.5, 0.6) is 5.75 Å². The second-order valence-corrected chi connectivity index (χ2v) is 5.68. The Kier molecular flexibility index (Phi) is 5.95. The third-order valence-corrected chi connectivity index (χ3v) is 3.62. The van der Waals surface area contributed by atoms with E-state index in [0.29, 0.717) is 5.56 Å². The molecule has 0 radical (unpaired) electrons. The van der Waals surface area contributed by atoms with Crippen LogP contribution in [0.3, 0.4) is 0 Å². The molecule has 2 aromatic rings. The molecule has 0 unspecified atom stereocenters. The van der Waals surface area contributed by atoms with Gasteiger partial charge in [0.1, 0.15) is 5.75 Å². The van der Waals surface area contributed by atoms with Crippen molar-refractivity contribution in [3.63, 3.8) is 0 Å². The first-order valence-electron chi connectivity index (χ1n) is 7.82. The molecule has 0 atom stereocenters. The summed E-state index contributed by atoms with van der Waals surface area (Å²) in [7, 11) is 0. The van der Waals surface area contributed by atoms with E-state index in [4.69, 9.17) is 4.74 Å². The Morgan fingerprint density at radius 1 is 0.958 bits per heavy atom. The predicted molar refractivity (Wildman–Crippen MR) is 92.8 cm³/mol. The number of carbonyl (C=O) groups is 2. The Morgan fingerprint density at radius 2 is 1.71 bits per heavy atom. The highest BCUT2D eigenvalue weighted by atomic mass is 16.5. The zero-order valence-electron chi connectivity index (χ0n) is 14.2. The highest BCUT2D eigenvalue weighted by molar-refractivity contribution is 5.96. The van der Waals surface area contributed by atoms with Gasteiger partial charge in [0.2, 0.25) is 5.91 Å². The van der Waals surface area contributed by atoms with E-state index >= 15 is 0 Å². The lowest BCUT2D eigenvalue weighted by molar-refractivity contribution is -0.122. The minimum Gasteiger partial charge on any atom is -0.493 e. The van der Waals surface area contributed by atoms with Crippen LogP contribution in [0.1, 0.15) is 33.5 Å². The third kappa shape index (κ3) is 4.84. The van der Waals surface area contributed by atoms with Crippen molar-refractivity contribution in [3.8, 4) is 5.75 Å². The molecule has 0 aliphatic heterocycles. The Bertz CT molecular complexity index is 741. The molecule has 5 heteroatoms. The van der Waals surface area contributed by atoms with Crippen LogP contribution in [-0.4, -0.2) is 18.4 Å². The maximum atomic E-state index is 12.1. The Balaban J connectivity index is 1.77. The number of ether oxygens (including phenoxy) is 1. The number of benzene rings is 2. The fourth-order valence-corrected chi connectivity index (χ4v) is 2.30. The zero-order chi connectivity index (χ0) is 17.5. The molecular weight excluding hydrogens is 304 g/mol. The van der Waals surface area contributed by atoms with Crippen LogP contribution < -0.4 is 15.6 Å².